The van der Waals surface area contributed by atoms with E-state index >= 15 is 0 Å². The molecule has 1 fully saturated rings. The second kappa shape index (κ2) is 12.1. The molecule has 0 radical (unpaired) electrons. The number of aliphatic hydroxyl groups excluding tert-OH is 2. The van der Waals surface area contributed by atoms with Crippen LogP contribution in [0.2, 0.25) is 0 Å². The van der Waals surface area contributed by atoms with E-state index in [0.29, 0.717) is 4.57 Å². The molecule has 5 atom stereocenters. The predicted molar refractivity (Wildman–Crippen MR) is 82.6 cm³/mol. The van der Waals surface area contributed by atoms with Gasteiger partial charge in [0.25, 0.3) is 5.56 Å². The number of hydrogen-bond acceptors (Lipinski definition) is 13. The fraction of sp³-hybridized carbons (Fsp3) is 0.556. The van der Waals surface area contributed by atoms with E-state index in [4.69, 9.17) is 14.5 Å². The van der Waals surface area contributed by atoms with E-state index in [1.807, 2.05) is 4.98 Å². The van der Waals surface area contributed by atoms with E-state index < -0.39 is 65.9 Å². The summed E-state index contributed by atoms with van der Waals surface area (Å²) in [7, 11) is -17.5. The van der Waals surface area contributed by atoms with E-state index in [0.717, 1.165) is 12.3 Å². The molecule has 0 spiro atoms. The van der Waals surface area contributed by atoms with Gasteiger partial charge in [-0.3, -0.25) is 23.2 Å². The van der Waals surface area contributed by atoms with E-state index in [9.17, 15) is 43.3 Å². The summed E-state index contributed by atoms with van der Waals surface area (Å²) in [6, 6.07) is 0.892. The molecule has 17 nitrogen and oxygen atoms in total. The third kappa shape index (κ3) is 9.62. The van der Waals surface area contributed by atoms with Crippen LogP contribution in [0.15, 0.2) is 21.9 Å². The number of ether oxygens (including phenoxy) is 1. The molecule has 0 bridgehead atoms. The summed E-state index contributed by atoms with van der Waals surface area (Å²) < 4.78 is 50.6. The number of hydrogen-bond donors (Lipinski definition) is 5. The molecule has 0 amide bonds. The second-order valence-electron chi connectivity index (χ2n) is 5.41. The van der Waals surface area contributed by atoms with E-state index in [2.05, 4.69) is 13.1 Å². The second-order valence-corrected chi connectivity index (χ2v) is 9.74. The van der Waals surface area contributed by atoms with E-state index in [1.165, 1.54) is 0 Å². The molecule has 2 heterocycles. The van der Waals surface area contributed by atoms with Crippen molar-refractivity contribution in [3.63, 3.8) is 0 Å². The largest absolute Gasteiger partial charge is 1.00 e. The van der Waals surface area contributed by atoms with Gasteiger partial charge in [-0.05, 0) is 0 Å². The Hall–Kier alpha value is 0.970. The zero-order valence-electron chi connectivity index (χ0n) is 15.7. The molecule has 1 aromatic heterocycles. The maximum absolute atomic E-state index is 12.0. The molecule has 166 valence electrons. The zero-order chi connectivity index (χ0) is 22.2. The molecule has 5 N–H and O–H groups in total. The molecule has 1 unspecified atom stereocenters. The van der Waals surface area contributed by atoms with Crippen molar-refractivity contribution < 1.29 is 120 Å². The van der Waals surface area contributed by atoms with Crippen LogP contribution in [0.25, 0.3) is 0 Å². The Labute approximate surface area is 216 Å². The van der Waals surface area contributed by atoms with Gasteiger partial charge in [0.2, 0.25) is 0 Å². The van der Waals surface area contributed by atoms with Crippen LogP contribution in [0.4, 0.5) is 0 Å². The summed E-state index contributed by atoms with van der Waals surface area (Å²) in [5.74, 6) is 0. The van der Waals surface area contributed by atoms with Gasteiger partial charge in [0.15, 0.2) is 6.23 Å². The van der Waals surface area contributed by atoms with Crippen molar-refractivity contribution >= 4 is 23.5 Å². The van der Waals surface area contributed by atoms with Crippen molar-refractivity contribution in [1.82, 2.24) is 9.55 Å². The average Bonchev–Trinajstić information content (AvgIpc) is 2.77. The zero-order valence-corrected chi connectivity index (χ0v) is 22.4. The maximum atomic E-state index is 12.0. The van der Waals surface area contributed by atoms with Crippen molar-refractivity contribution in [1.29, 1.82) is 0 Å². The smallest absolute Gasteiger partial charge is 0.789 e. The molecule has 31 heavy (non-hydrogen) atoms. The summed E-state index contributed by atoms with van der Waals surface area (Å²) in [4.78, 5) is 63.2. The molecule has 0 saturated carbocycles. The van der Waals surface area contributed by atoms with Crippen LogP contribution in [0.1, 0.15) is 6.23 Å². The Morgan fingerprint density at radius 1 is 1.10 bits per heavy atom. The number of aromatic amines is 1. The van der Waals surface area contributed by atoms with Crippen molar-refractivity contribution in [2.24, 2.45) is 0 Å². The Balaban J connectivity index is 0.00000450. The van der Waals surface area contributed by atoms with Crippen molar-refractivity contribution in [3.8, 4) is 0 Å². The molecule has 1 aliphatic rings. The standard InChI is InChI=1S/C9H15N2O15P3.2Na/c12-5-1-2-11(9(15)10-5)8-7(14)6(13)4(24-8)3-23-29(22,25-27(16,17)18)26-28(19,20)21;;/h1-2,4,6-8,13-14H,3H2,(H,10,12,15)(H2,16,17,18)(H2,19,20,21);;/q;2*+1/p-2/t4-,6-,7-,8-;;/m1../s1. The maximum Gasteiger partial charge on any atom is 1.00 e. The first kappa shape index (κ1) is 32.0. The minimum absolute atomic E-state index is 0. The van der Waals surface area contributed by atoms with Crippen molar-refractivity contribution in [2.75, 3.05) is 6.61 Å². The topological polar surface area (TPSA) is 270 Å². The van der Waals surface area contributed by atoms with Crippen molar-refractivity contribution in [3.05, 3.63) is 33.1 Å². The molecule has 2 rings (SSSR count). The summed E-state index contributed by atoms with van der Waals surface area (Å²) in [5.41, 5.74) is -1.81. The average molecular weight is 528 g/mol. The number of H-pyrrole nitrogens is 1. The summed E-state index contributed by atoms with van der Waals surface area (Å²) in [6.07, 6.45) is -6.05. The first-order valence-electron chi connectivity index (χ1n) is 7.18. The Morgan fingerprint density at radius 3 is 2.16 bits per heavy atom. The van der Waals surface area contributed by atoms with Crippen LogP contribution >= 0.6 is 23.5 Å². The molecule has 1 saturated heterocycles. The van der Waals surface area contributed by atoms with Gasteiger partial charge in [0, 0.05) is 12.3 Å². The van der Waals surface area contributed by atoms with Gasteiger partial charge in [-0.15, -0.1) is 0 Å². The van der Waals surface area contributed by atoms with Gasteiger partial charge in [0.1, 0.15) is 18.3 Å². The number of nitrogens with zero attached hydrogens (tertiary/aromatic N) is 1. The van der Waals surface area contributed by atoms with Crippen LogP contribution in [-0.4, -0.2) is 54.5 Å². The number of nitrogens with one attached hydrogen (secondary N) is 1. The van der Waals surface area contributed by atoms with Crippen LogP contribution < -0.4 is 80.2 Å². The normalized spacial score (nSPS) is 25.9. The van der Waals surface area contributed by atoms with Crippen LogP contribution in [0, 0.1) is 0 Å². The Kier molecular flexibility index (Phi) is 12.5. The number of aromatic nitrogens is 2. The predicted octanol–water partition coefficient (Wildman–Crippen LogP) is -9.76. The monoisotopic (exact) mass is 528 g/mol. The van der Waals surface area contributed by atoms with Crippen molar-refractivity contribution in [2.45, 2.75) is 24.5 Å². The fourth-order valence-corrected chi connectivity index (χ4v) is 5.32. The number of rotatable bonds is 8. The Morgan fingerprint density at radius 2 is 1.68 bits per heavy atom. The van der Waals surface area contributed by atoms with E-state index in [-0.39, 0.29) is 59.1 Å². The number of phosphoric acid groups is 3. The molecular formula is C9H13N2Na2O15P3. The summed E-state index contributed by atoms with van der Waals surface area (Å²) in [5, 5.41) is 19.9. The Bertz CT molecular complexity index is 974. The van der Waals surface area contributed by atoms with Gasteiger partial charge >= 0.3 is 80.4 Å². The van der Waals surface area contributed by atoms with Gasteiger partial charge in [-0.1, -0.05) is 0 Å². The molecular weight excluding hydrogens is 515 g/mol. The summed E-state index contributed by atoms with van der Waals surface area (Å²) in [6.45, 7) is -1.18. The molecule has 0 aromatic carbocycles. The summed E-state index contributed by atoms with van der Waals surface area (Å²) >= 11 is 0. The SMILES string of the molecule is O=c1ccn([C@@H]2O[C@H](COP(=O)(OP(=O)([O-])[O-])OP(=O)(O)O)[C@@H](O)[C@H]2O)c(=O)[nH]1.[Na+].[Na+]. The molecule has 1 aliphatic heterocycles. The van der Waals surface area contributed by atoms with Crippen LogP contribution in [-0.2, 0) is 31.6 Å². The van der Waals surface area contributed by atoms with Gasteiger partial charge in [-0.2, -0.15) is 4.31 Å². The third-order valence-corrected chi connectivity index (χ3v) is 6.98. The minimum Gasteiger partial charge on any atom is -0.789 e. The molecule has 1 aromatic rings. The van der Waals surface area contributed by atoms with Crippen LogP contribution in [0.5, 0.6) is 0 Å². The van der Waals surface area contributed by atoms with Gasteiger partial charge in [0.05, 0.1) is 14.4 Å². The minimum atomic E-state index is -6.12. The van der Waals surface area contributed by atoms with Crippen LogP contribution in [0.3, 0.4) is 0 Å². The first-order chi connectivity index (χ1) is 13.1. The number of aliphatic hydroxyl groups is 2. The quantitative estimate of drug-likeness (QED) is 0.155. The van der Waals surface area contributed by atoms with Gasteiger partial charge < -0.3 is 39.1 Å². The fourth-order valence-electron chi connectivity index (χ4n) is 2.20. The first-order valence-corrected chi connectivity index (χ1v) is 11.6. The van der Waals surface area contributed by atoms with E-state index in [1.54, 1.807) is 0 Å². The van der Waals surface area contributed by atoms with Gasteiger partial charge in [-0.25, -0.2) is 13.9 Å². The molecule has 22 heteroatoms. The third-order valence-electron chi connectivity index (χ3n) is 3.27. The molecule has 0 aliphatic carbocycles.